The first kappa shape index (κ1) is 11.8. The number of piperidine rings is 1. The maximum absolute atomic E-state index is 13.3. The summed E-state index contributed by atoms with van der Waals surface area (Å²) in [6, 6.07) is 3.90. The van der Waals surface area contributed by atoms with Crippen LogP contribution in [0.5, 0.6) is 5.75 Å². The fraction of sp³-hybridized carbons (Fsp3) is 0.455. The largest absolute Gasteiger partial charge is 0.482 e. The average molecular weight is 240 g/mol. The molecule has 0 amide bonds. The number of nitro benzene ring substituents is 1. The number of hydrogen-bond acceptors (Lipinski definition) is 4. The number of benzene rings is 1. The molecule has 0 saturated carbocycles. The highest BCUT2D eigenvalue weighted by Crippen LogP contribution is 2.30. The maximum atomic E-state index is 13.3. The van der Waals surface area contributed by atoms with E-state index in [-0.39, 0.29) is 11.9 Å². The summed E-state index contributed by atoms with van der Waals surface area (Å²) in [6.07, 6.45) is 1.64. The SMILES string of the molecule is O=[N+]([O-])c1c(F)cccc1OC1CCCNC1. The molecule has 1 N–H and O–H groups in total. The Balaban J connectivity index is 2.19. The quantitative estimate of drug-likeness (QED) is 0.647. The van der Waals surface area contributed by atoms with E-state index in [0.29, 0.717) is 6.54 Å². The smallest absolute Gasteiger partial charge is 0.346 e. The Kier molecular flexibility index (Phi) is 3.53. The highest BCUT2D eigenvalue weighted by atomic mass is 19.1. The Morgan fingerprint density at radius 2 is 2.35 bits per heavy atom. The first-order valence-corrected chi connectivity index (χ1v) is 5.49. The number of halogens is 1. The van der Waals surface area contributed by atoms with E-state index in [1.807, 2.05) is 0 Å². The van der Waals surface area contributed by atoms with Crippen LogP contribution in [0, 0.1) is 15.9 Å². The third-order valence-electron chi connectivity index (χ3n) is 2.68. The van der Waals surface area contributed by atoms with Crippen LogP contribution in [0.4, 0.5) is 10.1 Å². The number of rotatable bonds is 3. The van der Waals surface area contributed by atoms with Crippen LogP contribution >= 0.6 is 0 Å². The number of hydrogen-bond donors (Lipinski definition) is 1. The number of nitrogens with one attached hydrogen (secondary N) is 1. The summed E-state index contributed by atoms with van der Waals surface area (Å²) < 4.78 is 18.8. The zero-order chi connectivity index (χ0) is 12.3. The highest BCUT2D eigenvalue weighted by molar-refractivity contribution is 5.47. The Hall–Kier alpha value is -1.69. The highest BCUT2D eigenvalue weighted by Gasteiger charge is 2.24. The summed E-state index contributed by atoms with van der Waals surface area (Å²) in [5.74, 6) is -0.861. The van der Waals surface area contributed by atoms with E-state index < -0.39 is 16.4 Å². The van der Waals surface area contributed by atoms with Crippen molar-refractivity contribution in [2.24, 2.45) is 0 Å². The molecule has 1 aliphatic rings. The predicted octanol–water partition coefficient (Wildman–Crippen LogP) is 1.86. The molecule has 0 aromatic heterocycles. The van der Waals surface area contributed by atoms with E-state index in [9.17, 15) is 14.5 Å². The van der Waals surface area contributed by atoms with Crippen molar-refractivity contribution in [3.8, 4) is 5.75 Å². The lowest BCUT2D eigenvalue weighted by Gasteiger charge is -2.23. The Morgan fingerprint density at radius 3 is 3.00 bits per heavy atom. The molecule has 6 heteroatoms. The standard InChI is InChI=1S/C11H13FN2O3/c12-9-4-1-5-10(11(9)14(15)16)17-8-3-2-6-13-7-8/h1,4-5,8,13H,2-3,6-7H2. The number of ether oxygens (including phenoxy) is 1. The van der Waals surface area contributed by atoms with Gasteiger partial charge in [0.1, 0.15) is 6.10 Å². The van der Waals surface area contributed by atoms with Crippen molar-refractivity contribution >= 4 is 5.69 Å². The summed E-state index contributed by atoms with van der Waals surface area (Å²) in [7, 11) is 0. The second kappa shape index (κ2) is 5.09. The lowest BCUT2D eigenvalue weighted by Crippen LogP contribution is -2.37. The van der Waals surface area contributed by atoms with Gasteiger partial charge in [-0.3, -0.25) is 10.1 Å². The summed E-state index contributed by atoms with van der Waals surface area (Å²) >= 11 is 0. The van der Waals surface area contributed by atoms with Crippen molar-refractivity contribution in [1.82, 2.24) is 5.32 Å². The molecule has 0 aliphatic carbocycles. The van der Waals surface area contributed by atoms with Crippen LogP contribution < -0.4 is 10.1 Å². The van der Waals surface area contributed by atoms with E-state index in [1.54, 1.807) is 0 Å². The minimum Gasteiger partial charge on any atom is -0.482 e. The van der Waals surface area contributed by atoms with Crippen molar-refractivity contribution in [2.45, 2.75) is 18.9 Å². The molecule has 0 bridgehead atoms. The second-order valence-corrected chi connectivity index (χ2v) is 3.93. The molecule has 1 fully saturated rings. The van der Waals surface area contributed by atoms with Crippen molar-refractivity contribution in [3.05, 3.63) is 34.1 Å². The van der Waals surface area contributed by atoms with Gasteiger partial charge in [0, 0.05) is 6.54 Å². The summed E-state index contributed by atoms with van der Waals surface area (Å²) in [5.41, 5.74) is -0.585. The second-order valence-electron chi connectivity index (χ2n) is 3.93. The minimum atomic E-state index is -0.865. The van der Waals surface area contributed by atoms with Crippen LogP contribution in [0.25, 0.3) is 0 Å². The van der Waals surface area contributed by atoms with Crippen LogP contribution in [0.1, 0.15) is 12.8 Å². The van der Waals surface area contributed by atoms with E-state index in [4.69, 9.17) is 4.74 Å². The molecule has 1 heterocycles. The molecule has 2 rings (SSSR count). The Morgan fingerprint density at radius 1 is 1.53 bits per heavy atom. The monoisotopic (exact) mass is 240 g/mol. The first-order chi connectivity index (χ1) is 8.18. The zero-order valence-corrected chi connectivity index (χ0v) is 9.19. The normalized spacial score (nSPS) is 19.9. The van der Waals surface area contributed by atoms with Gasteiger partial charge in [-0.1, -0.05) is 6.07 Å². The number of nitrogens with zero attached hydrogens (tertiary/aromatic N) is 1. The lowest BCUT2D eigenvalue weighted by molar-refractivity contribution is -0.388. The van der Waals surface area contributed by atoms with Gasteiger partial charge >= 0.3 is 5.69 Å². The molecule has 1 unspecified atom stereocenters. The van der Waals surface area contributed by atoms with Gasteiger partial charge in [0.2, 0.25) is 11.6 Å². The lowest BCUT2D eigenvalue weighted by atomic mass is 10.1. The Bertz CT molecular complexity index is 419. The van der Waals surface area contributed by atoms with Gasteiger partial charge in [-0.05, 0) is 31.5 Å². The van der Waals surface area contributed by atoms with E-state index in [2.05, 4.69) is 5.32 Å². The average Bonchev–Trinajstić information content (AvgIpc) is 2.30. The van der Waals surface area contributed by atoms with Gasteiger partial charge in [-0.2, -0.15) is 4.39 Å². The molecule has 92 valence electrons. The molecule has 0 spiro atoms. The van der Waals surface area contributed by atoms with Crippen molar-refractivity contribution in [2.75, 3.05) is 13.1 Å². The molecule has 1 aliphatic heterocycles. The van der Waals surface area contributed by atoms with Gasteiger partial charge in [0.05, 0.1) is 4.92 Å². The fourth-order valence-corrected chi connectivity index (χ4v) is 1.87. The third kappa shape index (κ3) is 2.71. The first-order valence-electron chi connectivity index (χ1n) is 5.49. The molecule has 1 atom stereocenters. The van der Waals surface area contributed by atoms with Crippen molar-refractivity contribution < 1.29 is 14.1 Å². The summed E-state index contributed by atoms with van der Waals surface area (Å²) in [5, 5.41) is 13.9. The summed E-state index contributed by atoms with van der Waals surface area (Å²) in [6.45, 7) is 1.55. The van der Waals surface area contributed by atoms with Gasteiger partial charge < -0.3 is 10.1 Å². The molecular weight excluding hydrogens is 227 g/mol. The van der Waals surface area contributed by atoms with Gasteiger partial charge in [0.15, 0.2) is 0 Å². The van der Waals surface area contributed by atoms with E-state index >= 15 is 0 Å². The van der Waals surface area contributed by atoms with Crippen molar-refractivity contribution in [1.29, 1.82) is 0 Å². The topological polar surface area (TPSA) is 64.4 Å². The molecule has 1 aromatic carbocycles. The van der Waals surface area contributed by atoms with E-state index in [0.717, 1.165) is 25.5 Å². The molecule has 1 aromatic rings. The zero-order valence-electron chi connectivity index (χ0n) is 9.19. The molecular formula is C11H13FN2O3. The van der Waals surface area contributed by atoms with Crippen LogP contribution in [-0.2, 0) is 0 Å². The number of para-hydroxylation sites is 1. The van der Waals surface area contributed by atoms with Gasteiger partial charge in [0.25, 0.3) is 0 Å². The van der Waals surface area contributed by atoms with Gasteiger partial charge in [-0.25, -0.2) is 0 Å². The summed E-state index contributed by atoms with van der Waals surface area (Å²) in [4.78, 5) is 10.0. The third-order valence-corrected chi connectivity index (χ3v) is 2.68. The molecule has 17 heavy (non-hydrogen) atoms. The Labute approximate surface area is 97.7 Å². The van der Waals surface area contributed by atoms with Crippen LogP contribution in [0.15, 0.2) is 18.2 Å². The van der Waals surface area contributed by atoms with Crippen molar-refractivity contribution in [3.63, 3.8) is 0 Å². The maximum Gasteiger partial charge on any atom is 0.346 e. The number of nitro groups is 1. The van der Waals surface area contributed by atoms with Gasteiger partial charge in [-0.15, -0.1) is 0 Å². The predicted molar refractivity (Wildman–Crippen MR) is 59.6 cm³/mol. The molecule has 5 nitrogen and oxygen atoms in total. The van der Waals surface area contributed by atoms with E-state index in [1.165, 1.54) is 12.1 Å². The minimum absolute atomic E-state index is 0.00343. The van der Waals surface area contributed by atoms with Crippen LogP contribution in [0.2, 0.25) is 0 Å². The fourth-order valence-electron chi connectivity index (χ4n) is 1.87. The molecule has 1 saturated heterocycles. The van der Waals surface area contributed by atoms with Crippen LogP contribution in [0.3, 0.4) is 0 Å². The molecule has 0 radical (unpaired) electrons. The van der Waals surface area contributed by atoms with Crippen LogP contribution in [-0.4, -0.2) is 24.1 Å².